The zero-order chi connectivity index (χ0) is 33.5. The molecule has 3 aliphatic rings. The van der Waals surface area contributed by atoms with Crippen molar-refractivity contribution in [1.29, 1.82) is 0 Å². The van der Waals surface area contributed by atoms with Crippen LogP contribution in [0.5, 0.6) is 0 Å². The Morgan fingerprint density at radius 3 is 2.60 bits per heavy atom. The molecule has 0 radical (unpaired) electrons. The number of rotatable bonds is 9. The fourth-order valence-electron chi connectivity index (χ4n) is 7.07. The lowest BCUT2D eigenvalue weighted by Gasteiger charge is -2.29. The number of hydrogen-bond donors (Lipinski definition) is 2. The number of amides is 4. The Balaban J connectivity index is 0.936. The highest BCUT2D eigenvalue weighted by Gasteiger charge is 2.39. The van der Waals surface area contributed by atoms with Crippen LogP contribution < -0.4 is 5.32 Å². The zero-order valence-electron chi connectivity index (χ0n) is 26.6. The molecule has 0 bridgehead atoms. The number of piperidine rings is 1. The maximum absolute atomic E-state index is 14.3. The van der Waals surface area contributed by atoms with E-state index in [1.807, 2.05) is 36.4 Å². The van der Waals surface area contributed by atoms with E-state index in [0.29, 0.717) is 61.2 Å². The number of thioether (sulfide) groups is 1. The van der Waals surface area contributed by atoms with E-state index in [9.17, 15) is 28.4 Å². The summed E-state index contributed by atoms with van der Waals surface area (Å²) in [5.74, 6) is -0.650. The summed E-state index contributed by atoms with van der Waals surface area (Å²) < 4.78 is 14.3. The van der Waals surface area contributed by atoms with Gasteiger partial charge in [0.05, 0.1) is 0 Å². The van der Waals surface area contributed by atoms with Crippen LogP contribution in [0.25, 0.3) is 22.2 Å². The molecule has 2 N–H and O–H groups in total. The number of carbonyl (C=O) groups excluding carboxylic acids is 5. The van der Waals surface area contributed by atoms with E-state index in [4.69, 9.17) is 0 Å². The number of nitrogens with one attached hydrogen (secondary N) is 2. The van der Waals surface area contributed by atoms with Gasteiger partial charge in [0.25, 0.3) is 5.91 Å². The van der Waals surface area contributed by atoms with Crippen LogP contribution in [0.1, 0.15) is 75.9 Å². The molecule has 1 aliphatic carbocycles. The van der Waals surface area contributed by atoms with E-state index in [2.05, 4.69) is 10.3 Å². The SMILES string of the molecule is CN(Cc1ccc(-c2[nH]c3cc(F)cc4c3c2CCCC4=O)cc1)C(=O)CCCSc1cccc2c1CN(C1CCC(=O)NC1=O)C2=O. The first-order valence-electron chi connectivity index (χ1n) is 16.3. The van der Waals surface area contributed by atoms with Crippen molar-refractivity contribution >= 4 is 52.1 Å². The standard InChI is InChI=1S/C37H35FN4O5S/c1-41(19-21-10-12-22(13-11-21)35-25-6-2-7-30(43)26-17-23(38)18-28(39-35)34(25)26)33(45)9-4-16-48-31-8-3-5-24-27(31)20-42(37(24)47)29-14-15-32(44)40-36(29)46/h3,5,8,10-13,17-18,29,39H,2,4,6-7,9,14-16,19-20H2,1H3,(H,40,44,46). The molecule has 48 heavy (non-hydrogen) atoms. The number of H-pyrrole nitrogens is 1. The van der Waals surface area contributed by atoms with Crippen molar-refractivity contribution in [3.8, 4) is 11.3 Å². The molecule has 9 nitrogen and oxygen atoms in total. The summed E-state index contributed by atoms with van der Waals surface area (Å²) in [5, 5.41) is 3.16. The molecule has 3 aromatic carbocycles. The zero-order valence-corrected chi connectivity index (χ0v) is 27.4. The number of imide groups is 1. The molecule has 3 heterocycles. The van der Waals surface area contributed by atoms with Crippen LogP contribution in [-0.2, 0) is 33.9 Å². The first-order valence-corrected chi connectivity index (χ1v) is 17.3. The molecule has 4 aromatic rings. The van der Waals surface area contributed by atoms with E-state index >= 15 is 0 Å². The number of nitrogens with zero attached hydrogens (tertiary/aromatic N) is 2. The van der Waals surface area contributed by atoms with Gasteiger partial charge in [-0.3, -0.25) is 29.3 Å². The smallest absolute Gasteiger partial charge is 0.255 e. The predicted octanol–water partition coefficient (Wildman–Crippen LogP) is 5.78. The van der Waals surface area contributed by atoms with Crippen molar-refractivity contribution in [3.63, 3.8) is 0 Å². The van der Waals surface area contributed by atoms with Crippen LogP contribution in [-0.4, -0.2) is 63.0 Å². The Labute approximate surface area is 281 Å². The summed E-state index contributed by atoms with van der Waals surface area (Å²) in [7, 11) is 1.79. The molecule has 1 atom stereocenters. The average molecular weight is 667 g/mol. The molecule has 1 fully saturated rings. The van der Waals surface area contributed by atoms with Crippen LogP contribution >= 0.6 is 11.8 Å². The molecule has 246 valence electrons. The van der Waals surface area contributed by atoms with Gasteiger partial charge in [-0.15, -0.1) is 11.8 Å². The van der Waals surface area contributed by atoms with E-state index in [1.165, 1.54) is 12.1 Å². The van der Waals surface area contributed by atoms with Gasteiger partial charge < -0.3 is 14.8 Å². The maximum Gasteiger partial charge on any atom is 0.255 e. The first-order chi connectivity index (χ1) is 23.2. The van der Waals surface area contributed by atoms with Crippen molar-refractivity contribution < 1.29 is 28.4 Å². The van der Waals surface area contributed by atoms with Gasteiger partial charge in [0.2, 0.25) is 17.7 Å². The fourth-order valence-corrected chi connectivity index (χ4v) is 8.10. The third-order valence-electron chi connectivity index (χ3n) is 9.52. The highest BCUT2D eigenvalue weighted by atomic mass is 32.2. The number of carbonyl (C=O) groups is 5. The van der Waals surface area contributed by atoms with E-state index in [0.717, 1.165) is 51.1 Å². The van der Waals surface area contributed by atoms with Crippen molar-refractivity contribution in [2.24, 2.45) is 0 Å². The van der Waals surface area contributed by atoms with E-state index in [1.54, 1.807) is 34.7 Å². The molecule has 1 unspecified atom stereocenters. The molecular formula is C37H35FN4O5S. The van der Waals surface area contributed by atoms with Crippen LogP contribution in [0.4, 0.5) is 4.39 Å². The van der Waals surface area contributed by atoms with Gasteiger partial charge in [0, 0.05) is 72.0 Å². The number of fused-ring (bicyclic) bond motifs is 1. The first kappa shape index (κ1) is 31.8. The molecule has 1 saturated heterocycles. The minimum atomic E-state index is -0.651. The van der Waals surface area contributed by atoms with Gasteiger partial charge in [-0.25, -0.2) is 4.39 Å². The number of aryl methyl sites for hydroxylation is 1. The molecule has 1 aromatic heterocycles. The average Bonchev–Trinajstić information content (AvgIpc) is 3.54. The van der Waals surface area contributed by atoms with Crippen molar-refractivity contribution in [1.82, 2.24) is 20.1 Å². The van der Waals surface area contributed by atoms with Crippen LogP contribution in [0.15, 0.2) is 59.5 Å². The largest absolute Gasteiger partial charge is 0.354 e. The lowest BCUT2D eigenvalue weighted by molar-refractivity contribution is -0.137. The molecule has 4 amide bonds. The highest BCUT2D eigenvalue weighted by molar-refractivity contribution is 7.99. The Bertz CT molecular complexity index is 1990. The minimum absolute atomic E-state index is 0.0242. The topological polar surface area (TPSA) is 120 Å². The normalized spacial score (nSPS) is 17.5. The van der Waals surface area contributed by atoms with Gasteiger partial charge in [-0.2, -0.15) is 0 Å². The van der Waals surface area contributed by atoms with Crippen LogP contribution in [0.3, 0.4) is 0 Å². The lowest BCUT2D eigenvalue weighted by atomic mass is 9.99. The minimum Gasteiger partial charge on any atom is -0.354 e. The predicted molar refractivity (Wildman–Crippen MR) is 180 cm³/mol. The number of hydrogen-bond acceptors (Lipinski definition) is 6. The van der Waals surface area contributed by atoms with Gasteiger partial charge >= 0.3 is 0 Å². The number of benzene rings is 3. The molecular weight excluding hydrogens is 631 g/mol. The second-order valence-corrected chi connectivity index (χ2v) is 13.8. The summed E-state index contributed by atoms with van der Waals surface area (Å²) >= 11 is 1.60. The summed E-state index contributed by atoms with van der Waals surface area (Å²) in [6.45, 7) is 0.783. The van der Waals surface area contributed by atoms with Gasteiger partial charge in [-0.05, 0) is 78.0 Å². The molecule has 0 spiro atoms. The van der Waals surface area contributed by atoms with Crippen molar-refractivity contribution in [2.75, 3.05) is 12.8 Å². The summed E-state index contributed by atoms with van der Waals surface area (Å²) in [4.78, 5) is 70.3. The summed E-state index contributed by atoms with van der Waals surface area (Å²) in [5.41, 5.74) is 6.44. The Hall–Kier alpha value is -4.77. The summed E-state index contributed by atoms with van der Waals surface area (Å²) in [6, 6.07) is 15.7. The van der Waals surface area contributed by atoms with Gasteiger partial charge in [0.1, 0.15) is 11.9 Å². The molecule has 11 heteroatoms. The Morgan fingerprint density at radius 2 is 1.81 bits per heavy atom. The molecule has 0 saturated carbocycles. The third kappa shape index (κ3) is 6.03. The molecule has 7 rings (SSSR count). The number of Topliss-reactive ketones (excluding diaryl/α,β-unsaturated/α-hetero) is 1. The number of aromatic amines is 1. The van der Waals surface area contributed by atoms with Crippen LogP contribution in [0, 0.1) is 5.82 Å². The third-order valence-corrected chi connectivity index (χ3v) is 10.7. The number of aromatic nitrogens is 1. The molecule has 2 aliphatic heterocycles. The van der Waals surface area contributed by atoms with Crippen molar-refractivity contribution in [3.05, 3.63) is 88.2 Å². The number of halogens is 1. The Kier molecular flexibility index (Phi) is 8.63. The van der Waals surface area contributed by atoms with Crippen LogP contribution in [0.2, 0.25) is 0 Å². The maximum atomic E-state index is 14.3. The second kappa shape index (κ2) is 13.0. The second-order valence-electron chi connectivity index (χ2n) is 12.7. The quantitative estimate of drug-likeness (QED) is 0.133. The van der Waals surface area contributed by atoms with E-state index in [-0.39, 0.29) is 29.9 Å². The monoisotopic (exact) mass is 666 g/mol. The summed E-state index contributed by atoms with van der Waals surface area (Å²) in [6.07, 6.45) is 3.45. The van der Waals surface area contributed by atoms with Gasteiger partial charge in [-0.1, -0.05) is 30.3 Å². The highest BCUT2D eigenvalue weighted by Crippen LogP contribution is 2.37. The van der Waals surface area contributed by atoms with Crippen molar-refractivity contribution in [2.45, 2.75) is 69.0 Å². The fraction of sp³-hybridized carbons (Fsp3) is 0.324. The lowest BCUT2D eigenvalue weighted by Crippen LogP contribution is -2.52. The Morgan fingerprint density at radius 1 is 1.00 bits per heavy atom. The van der Waals surface area contributed by atoms with Gasteiger partial charge in [0.15, 0.2) is 5.78 Å². The number of ketones is 1. The van der Waals surface area contributed by atoms with E-state index < -0.39 is 17.8 Å².